The van der Waals surface area contributed by atoms with Gasteiger partial charge in [0.25, 0.3) is 5.91 Å². The molecule has 1 saturated heterocycles. The summed E-state index contributed by atoms with van der Waals surface area (Å²) in [6.45, 7) is 4.32. The summed E-state index contributed by atoms with van der Waals surface area (Å²) in [5, 5.41) is 3.77. The molecule has 2 amide bonds. The van der Waals surface area contributed by atoms with Crippen LogP contribution in [0, 0.1) is 6.92 Å². The number of anilines is 1. The van der Waals surface area contributed by atoms with Crippen molar-refractivity contribution < 1.29 is 9.59 Å². The summed E-state index contributed by atoms with van der Waals surface area (Å²) in [5.41, 5.74) is 1.69. The minimum Gasteiger partial charge on any atom is -0.373 e. The summed E-state index contributed by atoms with van der Waals surface area (Å²) in [6.07, 6.45) is 0.991. The first-order chi connectivity index (χ1) is 9.04. The molecule has 1 aromatic carbocycles. The second kappa shape index (κ2) is 5.61. The molecule has 0 saturated carbocycles. The van der Waals surface area contributed by atoms with E-state index in [9.17, 15) is 9.59 Å². The van der Waals surface area contributed by atoms with Gasteiger partial charge in [0.05, 0.1) is 6.42 Å². The standard InChI is InChI=1S/C14H17ClN2O2/c1-3-7-17-13(18)8-12(14(17)19)16-11-6-4-5-10(15)9(11)2/h4-6,12,16H,3,7-8H2,1-2H3. The van der Waals surface area contributed by atoms with Crippen LogP contribution in [0.3, 0.4) is 0 Å². The van der Waals surface area contributed by atoms with Gasteiger partial charge in [-0.15, -0.1) is 0 Å². The van der Waals surface area contributed by atoms with E-state index in [4.69, 9.17) is 11.6 Å². The van der Waals surface area contributed by atoms with Crippen LogP contribution < -0.4 is 5.32 Å². The number of hydrogen-bond donors (Lipinski definition) is 1. The second-order valence-electron chi connectivity index (χ2n) is 4.70. The molecule has 0 spiro atoms. The first-order valence-electron chi connectivity index (χ1n) is 6.40. The molecule has 1 aliphatic heterocycles. The molecule has 1 aliphatic rings. The molecule has 0 radical (unpaired) electrons. The van der Waals surface area contributed by atoms with E-state index in [1.165, 1.54) is 4.90 Å². The molecule has 5 heteroatoms. The average molecular weight is 281 g/mol. The van der Waals surface area contributed by atoms with Crippen molar-refractivity contribution in [1.29, 1.82) is 0 Å². The molecule has 1 aromatic rings. The monoisotopic (exact) mass is 280 g/mol. The Labute approximate surface area is 117 Å². The number of halogens is 1. The predicted octanol–water partition coefficient (Wildman–Crippen LogP) is 2.60. The number of nitrogens with one attached hydrogen (secondary N) is 1. The highest BCUT2D eigenvalue weighted by Crippen LogP contribution is 2.26. The Bertz CT molecular complexity index is 516. The summed E-state index contributed by atoms with van der Waals surface area (Å²) in [7, 11) is 0. The van der Waals surface area contributed by atoms with Crippen molar-refractivity contribution in [2.45, 2.75) is 32.7 Å². The van der Waals surface area contributed by atoms with Crippen molar-refractivity contribution in [3.05, 3.63) is 28.8 Å². The Kier molecular flexibility index (Phi) is 4.10. The zero-order valence-electron chi connectivity index (χ0n) is 11.1. The number of amides is 2. The van der Waals surface area contributed by atoms with Crippen LogP contribution in [0.25, 0.3) is 0 Å². The zero-order valence-corrected chi connectivity index (χ0v) is 11.8. The molecule has 4 nitrogen and oxygen atoms in total. The van der Waals surface area contributed by atoms with Gasteiger partial charge in [0, 0.05) is 17.3 Å². The molecule has 1 fully saturated rings. The van der Waals surface area contributed by atoms with Crippen LogP contribution in [0.1, 0.15) is 25.3 Å². The molecule has 0 aliphatic carbocycles. The number of hydrogen-bond acceptors (Lipinski definition) is 3. The molecule has 1 unspecified atom stereocenters. The van der Waals surface area contributed by atoms with Crippen molar-refractivity contribution >= 4 is 29.1 Å². The van der Waals surface area contributed by atoms with Crippen LogP contribution in [-0.2, 0) is 9.59 Å². The lowest BCUT2D eigenvalue weighted by Gasteiger charge is -2.16. The molecule has 0 bridgehead atoms. The van der Waals surface area contributed by atoms with E-state index in [0.29, 0.717) is 11.6 Å². The highest BCUT2D eigenvalue weighted by Gasteiger charge is 2.37. The van der Waals surface area contributed by atoms with E-state index < -0.39 is 6.04 Å². The third kappa shape index (κ3) is 2.73. The summed E-state index contributed by atoms with van der Waals surface area (Å²) in [4.78, 5) is 25.2. The number of likely N-dealkylation sites (tertiary alicyclic amines) is 1. The SMILES string of the molecule is CCCN1C(=O)CC(Nc2cccc(Cl)c2C)C1=O. The van der Waals surface area contributed by atoms with Gasteiger partial charge in [0.2, 0.25) is 5.91 Å². The largest absolute Gasteiger partial charge is 0.373 e. The quantitative estimate of drug-likeness (QED) is 0.863. The van der Waals surface area contributed by atoms with Gasteiger partial charge in [0.1, 0.15) is 6.04 Å². The maximum absolute atomic E-state index is 12.1. The van der Waals surface area contributed by atoms with Crippen LogP contribution in [0.2, 0.25) is 5.02 Å². The van der Waals surface area contributed by atoms with Crippen molar-refractivity contribution in [2.24, 2.45) is 0 Å². The highest BCUT2D eigenvalue weighted by molar-refractivity contribution is 6.31. The van der Waals surface area contributed by atoms with Crippen LogP contribution in [-0.4, -0.2) is 29.3 Å². The molecule has 19 heavy (non-hydrogen) atoms. The first-order valence-corrected chi connectivity index (χ1v) is 6.78. The minimum absolute atomic E-state index is 0.107. The van der Waals surface area contributed by atoms with Gasteiger partial charge in [0.15, 0.2) is 0 Å². The van der Waals surface area contributed by atoms with E-state index in [1.54, 1.807) is 6.07 Å². The van der Waals surface area contributed by atoms with Gasteiger partial charge in [-0.2, -0.15) is 0 Å². The van der Waals surface area contributed by atoms with Gasteiger partial charge < -0.3 is 5.32 Å². The van der Waals surface area contributed by atoms with Crippen LogP contribution in [0.5, 0.6) is 0 Å². The number of imide groups is 1. The topological polar surface area (TPSA) is 49.4 Å². The van der Waals surface area contributed by atoms with E-state index in [2.05, 4.69) is 5.32 Å². The smallest absolute Gasteiger partial charge is 0.252 e. The lowest BCUT2D eigenvalue weighted by molar-refractivity contribution is -0.138. The molecule has 1 N–H and O–H groups in total. The summed E-state index contributed by atoms with van der Waals surface area (Å²) < 4.78 is 0. The molecule has 0 aromatic heterocycles. The Morgan fingerprint density at radius 2 is 2.16 bits per heavy atom. The van der Waals surface area contributed by atoms with Gasteiger partial charge in [-0.25, -0.2) is 0 Å². The number of benzene rings is 1. The Morgan fingerprint density at radius 3 is 2.84 bits per heavy atom. The summed E-state index contributed by atoms with van der Waals surface area (Å²) in [6, 6.07) is 5.01. The van der Waals surface area contributed by atoms with Crippen LogP contribution >= 0.6 is 11.6 Å². The molecule has 2 rings (SSSR count). The van der Waals surface area contributed by atoms with Crippen molar-refractivity contribution in [3.63, 3.8) is 0 Å². The summed E-state index contributed by atoms with van der Waals surface area (Å²) in [5.74, 6) is -0.254. The molecule has 1 heterocycles. The molecule has 1 atom stereocenters. The van der Waals surface area contributed by atoms with Crippen molar-refractivity contribution in [1.82, 2.24) is 4.90 Å². The van der Waals surface area contributed by atoms with Gasteiger partial charge in [-0.05, 0) is 31.0 Å². The van der Waals surface area contributed by atoms with Crippen LogP contribution in [0.4, 0.5) is 5.69 Å². The predicted molar refractivity (Wildman–Crippen MR) is 75.2 cm³/mol. The minimum atomic E-state index is -0.476. The Hall–Kier alpha value is -1.55. The fourth-order valence-electron chi connectivity index (χ4n) is 2.21. The van der Waals surface area contributed by atoms with Crippen molar-refractivity contribution in [2.75, 3.05) is 11.9 Å². The number of carbonyl (C=O) groups is 2. The first kappa shape index (κ1) is 13.9. The van der Waals surface area contributed by atoms with Crippen molar-refractivity contribution in [3.8, 4) is 0 Å². The number of carbonyl (C=O) groups excluding carboxylic acids is 2. The third-order valence-electron chi connectivity index (χ3n) is 3.29. The van der Waals surface area contributed by atoms with Gasteiger partial charge in [-0.3, -0.25) is 14.5 Å². The lowest BCUT2D eigenvalue weighted by atomic mass is 10.1. The fraction of sp³-hybridized carbons (Fsp3) is 0.429. The molecule has 102 valence electrons. The Balaban J connectivity index is 2.14. The van der Waals surface area contributed by atoms with Crippen LogP contribution in [0.15, 0.2) is 18.2 Å². The lowest BCUT2D eigenvalue weighted by Crippen LogP contribution is -2.35. The van der Waals surface area contributed by atoms with E-state index in [0.717, 1.165) is 17.7 Å². The normalized spacial score (nSPS) is 19.1. The number of rotatable bonds is 4. The maximum atomic E-state index is 12.1. The van der Waals surface area contributed by atoms with Gasteiger partial charge >= 0.3 is 0 Å². The Morgan fingerprint density at radius 1 is 1.42 bits per heavy atom. The highest BCUT2D eigenvalue weighted by atomic mass is 35.5. The molecular weight excluding hydrogens is 264 g/mol. The summed E-state index contributed by atoms with van der Waals surface area (Å²) >= 11 is 6.04. The maximum Gasteiger partial charge on any atom is 0.252 e. The van der Waals surface area contributed by atoms with E-state index >= 15 is 0 Å². The second-order valence-corrected chi connectivity index (χ2v) is 5.10. The third-order valence-corrected chi connectivity index (χ3v) is 3.70. The average Bonchev–Trinajstić information content (AvgIpc) is 2.63. The molecular formula is C14H17ClN2O2. The van der Waals surface area contributed by atoms with E-state index in [-0.39, 0.29) is 18.2 Å². The number of nitrogens with zero attached hydrogens (tertiary/aromatic N) is 1. The fourth-order valence-corrected chi connectivity index (χ4v) is 2.38. The zero-order chi connectivity index (χ0) is 14.0. The van der Waals surface area contributed by atoms with Gasteiger partial charge in [-0.1, -0.05) is 24.6 Å². The van der Waals surface area contributed by atoms with E-state index in [1.807, 2.05) is 26.0 Å².